The lowest BCUT2D eigenvalue weighted by Crippen LogP contribution is -2.58. The largest absolute Gasteiger partial charge is 0.463 e. The van der Waals surface area contributed by atoms with Crippen molar-refractivity contribution in [2.24, 2.45) is 17.8 Å². The quantitative estimate of drug-likeness (QED) is 0.407. The fourth-order valence-corrected chi connectivity index (χ4v) is 4.35. The van der Waals surface area contributed by atoms with Gasteiger partial charge in [-0.2, -0.15) is 0 Å². The predicted octanol–water partition coefficient (Wildman–Crippen LogP) is 3.24. The van der Waals surface area contributed by atoms with Crippen LogP contribution >= 0.6 is 0 Å². The normalized spacial score (nSPS) is 21.9. The highest BCUT2D eigenvalue weighted by molar-refractivity contribution is 5.91. The summed E-state index contributed by atoms with van der Waals surface area (Å²) in [4.78, 5) is 42.4. The Morgan fingerprint density at radius 3 is 2.22 bits per heavy atom. The van der Waals surface area contributed by atoms with Crippen LogP contribution < -0.4 is 5.32 Å². The fraction of sp³-hybridized carbons (Fsp3) is 0.800. The number of rotatable bonds is 10. The molecule has 1 aliphatic heterocycles. The summed E-state index contributed by atoms with van der Waals surface area (Å²) in [5, 5.41) is 3.04. The molecule has 0 aromatic heterocycles. The van der Waals surface area contributed by atoms with Gasteiger partial charge in [0.1, 0.15) is 6.04 Å². The average Bonchev–Trinajstić information content (AvgIpc) is 2.73. The number of amides is 2. The van der Waals surface area contributed by atoms with Gasteiger partial charge >= 0.3 is 5.97 Å². The van der Waals surface area contributed by atoms with Gasteiger partial charge in [-0.05, 0) is 51.5 Å². The van der Waals surface area contributed by atoms with Crippen LogP contribution in [0.1, 0.15) is 67.7 Å². The van der Waals surface area contributed by atoms with Gasteiger partial charge in [-0.1, -0.05) is 47.1 Å². The summed E-state index contributed by atoms with van der Waals surface area (Å²) >= 11 is 0. The van der Waals surface area contributed by atoms with E-state index < -0.39 is 6.04 Å². The van der Waals surface area contributed by atoms with Crippen LogP contribution in [0.2, 0.25) is 0 Å². The Morgan fingerprint density at radius 2 is 1.75 bits per heavy atom. The number of esters is 1. The third-order valence-corrected chi connectivity index (χ3v) is 6.53. The lowest BCUT2D eigenvalue weighted by molar-refractivity contribution is -0.140. The van der Waals surface area contributed by atoms with Gasteiger partial charge in [0.2, 0.25) is 11.8 Å². The van der Waals surface area contributed by atoms with Crippen molar-refractivity contribution in [1.29, 1.82) is 0 Å². The first-order valence-corrected chi connectivity index (χ1v) is 12.1. The smallest absolute Gasteiger partial charge is 0.333 e. The van der Waals surface area contributed by atoms with Crippen LogP contribution in [0, 0.1) is 17.8 Å². The number of hydrogen-bond donors (Lipinski definition) is 1. The fourth-order valence-electron chi connectivity index (χ4n) is 4.35. The van der Waals surface area contributed by atoms with Crippen molar-refractivity contribution in [3.8, 4) is 0 Å². The highest BCUT2D eigenvalue weighted by Gasteiger charge is 2.35. The molecular formula is C25H45N3O4. The maximum absolute atomic E-state index is 13.5. The van der Waals surface area contributed by atoms with Gasteiger partial charge in [-0.3, -0.25) is 14.5 Å². The van der Waals surface area contributed by atoms with E-state index in [0.29, 0.717) is 18.1 Å². The third kappa shape index (κ3) is 7.61. The molecule has 4 atom stereocenters. The van der Waals surface area contributed by atoms with Crippen molar-refractivity contribution in [3.63, 3.8) is 0 Å². The summed E-state index contributed by atoms with van der Waals surface area (Å²) in [6, 6.07) is -1.11. The number of likely N-dealkylation sites (N-methyl/N-ethyl adjacent to an activating group) is 2. The lowest BCUT2D eigenvalue weighted by Gasteiger charge is -2.38. The monoisotopic (exact) mass is 451 g/mol. The number of carbonyl (C=O) groups excluding carboxylic acids is 3. The number of ether oxygens (including phenoxy) is 1. The molecule has 184 valence electrons. The van der Waals surface area contributed by atoms with Crippen LogP contribution in [0.5, 0.6) is 0 Å². The summed E-state index contributed by atoms with van der Waals surface area (Å²) in [6.07, 6.45) is 4.75. The SMILES string of the molecule is CCOC(=O)/C(C)=C/[C@H](C(C)C)N(C)C(=O)[C@@H](NC(=O)[C@H]1CCC(CC)CN1C)C(C)C. The molecule has 0 saturated carbocycles. The zero-order valence-corrected chi connectivity index (χ0v) is 21.6. The van der Waals surface area contributed by atoms with E-state index in [4.69, 9.17) is 4.74 Å². The average molecular weight is 452 g/mol. The second-order valence-corrected chi connectivity index (χ2v) is 9.79. The van der Waals surface area contributed by atoms with Gasteiger partial charge in [0.25, 0.3) is 0 Å². The van der Waals surface area contributed by atoms with E-state index in [1.807, 2.05) is 34.7 Å². The van der Waals surface area contributed by atoms with Gasteiger partial charge in [0, 0.05) is 19.2 Å². The minimum absolute atomic E-state index is 0.0610. The number of nitrogens with one attached hydrogen (secondary N) is 1. The molecule has 2 amide bonds. The maximum Gasteiger partial charge on any atom is 0.333 e. The van der Waals surface area contributed by atoms with Gasteiger partial charge in [-0.25, -0.2) is 4.79 Å². The predicted molar refractivity (Wildman–Crippen MR) is 128 cm³/mol. The summed E-state index contributed by atoms with van der Waals surface area (Å²) in [7, 11) is 3.73. The molecule has 0 radical (unpaired) electrons. The Morgan fingerprint density at radius 1 is 1.12 bits per heavy atom. The molecule has 1 saturated heterocycles. The molecular weight excluding hydrogens is 406 g/mol. The summed E-state index contributed by atoms with van der Waals surface area (Å²) in [6.45, 7) is 14.8. The molecule has 7 nitrogen and oxygen atoms in total. The van der Waals surface area contributed by atoms with Gasteiger partial charge in [-0.15, -0.1) is 0 Å². The standard InChI is InChI=1S/C25H45N3O4/c1-10-19-12-13-20(27(8)15-19)23(29)26-22(17(5)6)24(30)28(9)21(16(3)4)14-18(7)25(31)32-11-2/h14,16-17,19-22H,10-13,15H2,1-9H3,(H,26,29)/b18-14+/t19?,20-,21-,22+/m1/s1. The Hall–Kier alpha value is -1.89. The zero-order valence-electron chi connectivity index (χ0n) is 21.6. The van der Waals surface area contributed by atoms with Gasteiger partial charge in [0.15, 0.2) is 0 Å². The van der Waals surface area contributed by atoms with Crippen LogP contribution in [0.25, 0.3) is 0 Å². The molecule has 1 fully saturated rings. The van der Waals surface area contributed by atoms with E-state index in [0.717, 1.165) is 25.8 Å². The second-order valence-electron chi connectivity index (χ2n) is 9.79. The molecule has 0 bridgehead atoms. The van der Waals surface area contributed by atoms with E-state index in [1.54, 1.807) is 31.9 Å². The third-order valence-electron chi connectivity index (χ3n) is 6.53. The molecule has 0 spiro atoms. The Balaban J connectivity index is 2.99. The van der Waals surface area contributed by atoms with Crippen LogP contribution in [0.4, 0.5) is 0 Å². The first-order valence-electron chi connectivity index (χ1n) is 12.1. The van der Waals surface area contributed by atoms with E-state index >= 15 is 0 Å². The van der Waals surface area contributed by atoms with Crippen molar-refractivity contribution in [2.75, 3.05) is 27.2 Å². The molecule has 0 aliphatic carbocycles. The van der Waals surface area contributed by atoms with E-state index in [1.165, 1.54) is 0 Å². The summed E-state index contributed by atoms with van der Waals surface area (Å²) in [5.74, 6) is 0.0468. The maximum atomic E-state index is 13.5. The topological polar surface area (TPSA) is 79.0 Å². The molecule has 0 aromatic carbocycles. The molecule has 1 aliphatic rings. The molecule has 0 aromatic rings. The molecule has 1 rings (SSSR count). The van der Waals surface area contributed by atoms with Crippen molar-refractivity contribution in [3.05, 3.63) is 11.6 Å². The number of piperidine rings is 1. The number of carbonyl (C=O) groups is 3. The molecule has 1 N–H and O–H groups in total. The Bertz CT molecular complexity index is 674. The minimum atomic E-state index is -0.623. The second kappa shape index (κ2) is 13.0. The van der Waals surface area contributed by atoms with E-state index in [9.17, 15) is 14.4 Å². The molecule has 32 heavy (non-hydrogen) atoms. The van der Waals surface area contributed by atoms with Crippen LogP contribution in [0.15, 0.2) is 11.6 Å². The number of likely N-dealkylation sites (tertiary alicyclic amines) is 1. The number of nitrogens with zero attached hydrogens (tertiary/aromatic N) is 2. The highest BCUT2D eigenvalue weighted by atomic mass is 16.5. The van der Waals surface area contributed by atoms with E-state index in [-0.39, 0.29) is 41.7 Å². The lowest BCUT2D eigenvalue weighted by atomic mass is 9.90. The summed E-state index contributed by atoms with van der Waals surface area (Å²) < 4.78 is 5.08. The zero-order chi connectivity index (χ0) is 24.6. The number of hydrogen-bond acceptors (Lipinski definition) is 5. The van der Waals surface area contributed by atoms with Gasteiger partial charge in [0.05, 0.1) is 18.7 Å². The molecule has 1 heterocycles. The van der Waals surface area contributed by atoms with Crippen LogP contribution in [-0.2, 0) is 19.1 Å². The van der Waals surface area contributed by atoms with Gasteiger partial charge < -0.3 is 15.0 Å². The Labute approximate surface area is 194 Å². The van der Waals surface area contributed by atoms with Crippen molar-refractivity contribution < 1.29 is 19.1 Å². The molecule has 1 unspecified atom stereocenters. The van der Waals surface area contributed by atoms with Crippen LogP contribution in [0.3, 0.4) is 0 Å². The highest BCUT2D eigenvalue weighted by Crippen LogP contribution is 2.24. The summed E-state index contributed by atoms with van der Waals surface area (Å²) in [5.41, 5.74) is 0.477. The van der Waals surface area contributed by atoms with Crippen LogP contribution in [-0.4, -0.2) is 73.0 Å². The first kappa shape index (κ1) is 28.1. The van der Waals surface area contributed by atoms with Crippen molar-refractivity contribution in [1.82, 2.24) is 15.1 Å². The van der Waals surface area contributed by atoms with Crippen molar-refractivity contribution >= 4 is 17.8 Å². The Kier molecular flexibility index (Phi) is 11.4. The van der Waals surface area contributed by atoms with E-state index in [2.05, 4.69) is 17.1 Å². The molecule has 7 heteroatoms. The van der Waals surface area contributed by atoms with Crippen molar-refractivity contribution in [2.45, 2.75) is 85.9 Å². The minimum Gasteiger partial charge on any atom is -0.463 e. The first-order chi connectivity index (χ1) is 14.9.